The average molecular weight is 452 g/mol. The minimum Gasteiger partial charge on any atom is -0.388 e. The van der Waals surface area contributed by atoms with Crippen molar-refractivity contribution in [1.29, 1.82) is 0 Å². The molecule has 0 bridgehead atoms. The van der Waals surface area contributed by atoms with Crippen molar-refractivity contribution in [2.45, 2.75) is 57.8 Å². The number of ether oxygens (including phenoxy) is 1. The van der Waals surface area contributed by atoms with Gasteiger partial charge < -0.3 is 9.84 Å². The number of aldehydes is 1. The van der Waals surface area contributed by atoms with E-state index in [9.17, 15) is 18.3 Å². The Labute approximate surface area is 182 Å². The van der Waals surface area contributed by atoms with Crippen molar-refractivity contribution in [1.82, 2.24) is 0 Å². The van der Waals surface area contributed by atoms with E-state index < -0.39 is 16.1 Å². The Hall–Kier alpha value is -1.74. The zero-order valence-electron chi connectivity index (χ0n) is 17.2. The third kappa shape index (κ3) is 5.69. The maximum Gasteiger partial charge on any atom is 0.235 e. The lowest BCUT2D eigenvalue weighted by atomic mass is 10.0. The molecule has 0 saturated carbocycles. The standard InChI is InChI=1S/C22H29NO5S2/c1-2-3-4-5-22(25)17-6-8-18(9-7-17)23-19(12-13-30(23,26)27)15-28-16-21-11-10-20(14-24)29-21/h6-11,14,19,22,25H,2-5,12-13,15-16H2,1H3/t19-,22?/m1/s1. The van der Waals surface area contributed by atoms with Gasteiger partial charge in [0.25, 0.3) is 0 Å². The highest BCUT2D eigenvalue weighted by atomic mass is 32.2. The van der Waals surface area contributed by atoms with Crippen LogP contribution < -0.4 is 4.31 Å². The molecule has 1 aliphatic rings. The molecule has 0 aliphatic carbocycles. The number of benzene rings is 1. The Morgan fingerprint density at radius 2 is 2.00 bits per heavy atom. The number of rotatable bonds is 11. The van der Waals surface area contributed by atoms with Crippen LogP contribution in [0.1, 0.15) is 65.2 Å². The topological polar surface area (TPSA) is 83.9 Å². The van der Waals surface area contributed by atoms with E-state index in [0.717, 1.165) is 36.0 Å². The number of aliphatic hydroxyl groups is 1. The predicted octanol–water partition coefficient (Wildman–Crippen LogP) is 4.30. The number of carbonyl (C=O) groups excluding carboxylic acids is 1. The molecule has 2 heterocycles. The zero-order valence-corrected chi connectivity index (χ0v) is 18.8. The summed E-state index contributed by atoms with van der Waals surface area (Å²) in [6.07, 6.45) is 4.66. The minimum atomic E-state index is -3.39. The highest BCUT2D eigenvalue weighted by molar-refractivity contribution is 7.93. The summed E-state index contributed by atoms with van der Waals surface area (Å²) >= 11 is 1.37. The lowest BCUT2D eigenvalue weighted by Crippen LogP contribution is -2.36. The van der Waals surface area contributed by atoms with Gasteiger partial charge >= 0.3 is 0 Å². The Morgan fingerprint density at radius 1 is 1.23 bits per heavy atom. The fraction of sp³-hybridized carbons (Fsp3) is 0.500. The van der Waals surface area contributed by atoms with E-state index in [1.807, 2.05) is 18.2 Å². The first-order valence-electron chi connectivity index (χ1n) is 10.4. The van der Waals surface area contributed by atoms with Crippen LogP contribution in [-0.4, -0.2) is 38.2 Å². The monoisotopic (exact) mass is 451 g/mol. The number of thiophene rings is 1. The molecule has 1 aliphatic heterocycles. The van der Waals surface area contributed by atoms with Crippen molar-refractivity contribution in [3.05, 3.63) is 51.7 Å². The predicted molar refractivity (Wildman–Crippen MR) is 120 cm³/mol. The molecule has 8 heteroatoms. The molecule has 1 aromatic heterocycles. The number of anilines is 1. The third-order valence-electron chi connectivity index (χ3n) is 5.31. The van der Waals surface area contributed by atoms with E-state index in [4.69, 9.17) is 4.74 Å². The van der Waals surface area contributed by atoms with Crippen molar-refractivity contribution in [2.75, 3.05) is 16.7 Å². The summed E-state index contributed by atoms with van der Waals surface area (Å²) < 4.78 is 32.5. The summed E-state index contributed by atoms with van der Waals surface area (Å²) in [7, 11) is -3.39. The van der Waals surface area contributed by atoms with Gasteiger partial charge in [-0.25, -0.2) is 8.42 Å². The molecule has 1 aromatic carbocycles. The van der Waals surface area contributed by atoms with Gasteiger partial charge in [-0.15, -0.1) is 11.3 Å². The molecule has 6 nitrogen and oxygen atoms in total. The highest BCUT2D eigenvalue weighted by Crippen LogP contribution is 2.31. The van der Waals surface area contributed by atoms with Gasteiger partial charge in [0.05, 0.1) is 41.7 Å². The van der Waals surface area contributed by atoms with Crippen LogP contribution in [0.5, 0.6) is 0 Å². The van der Waals surface area contributed by atoms with Crippen LogP contribution in [0.25, 0.3) is 0 Å². The number of sulfonamides is 1. The van der Waals surface area contributed by atoms with E-state index in [0.29, 0.717) is 30.0 Å². The Balaban J connectivity index is 1.63. The summed E-state index contributed by atoms with van der Waals surface area (Å²) in [5.74, 6) is 0.0940. The van der Waals surface area contributed by atoms with Gasteiger partial charge in [-0.05, 0) is 42.7 Å². The number of aliphatic hydroxyl groups excluding tert-OH is 1. The zero-order chi connectivity index (χ0) is 21.6. The van der Waals surface area contributed by atoms with Gasteiger partial charge in [0.2, 0.25) is 10.0 Å². The molecule has 0 amide bonds. The van der Waals surface area contributed by atoms with E-state index in [2.05, 4.69) is 6.92 Å². The summed E-state index contributed by atoms with van der Waals surface area (Å²) in [6.45, 7) is 2.77. The van der Waals surface area contributed by atoms with Crippen molar-refractivity contribution >= 4 is 33.3 Å². The molecular formula is C22H29NO5S2. The van der Waals surface area contributed by atoms with Crippen LogP contribution in [0.2, 0.25) is 0 Å². The van der Waals surface area contributed by atoms with Crippen LogP contribution in [-0.2, 0) is 21.4 Å². The molecule has 1 unspecified atom stereocenters. The van der Waals surface area contributed by atoms with Crippen molar-refractivity contribution in [3.8, 4) is 0 Å². The van der Waals surface area contributed by atoms with Crippen LogP contribution in [0.4, 0.5) is 5.69 Å². The molecule has 0 spiro atoms. The first-order valence-corrected chi connectivity index (χ1v) is 12.8. The summed E-state index contributed by atoms with van der Waals surface area (Å²) in [6, 6.07) is 10.5. The number of carbonyl (C=O) groups is 1. The maximum atomic E-state index is 12.6. The van der Waals surface area contributed by atoms with Crippen LogP contribution in [0.15, 0.2) is 36.4 Å². The first-order chi connectivity index (χ1) is 14.4. The summed E-state index contributed by atoms with van der Waals surface area (Å²) in [4.78, 5) is 12.4. The van der Waals surface area contributed by atoms with Crippen LogP contribution in [0.3, 0.4) is 0 Å². The lowest BCUT2D eigenvalue weighted by molar-refractivity contribution is 0.111. The molecule has 3 rings (SSSR count). The fourth-order valence-electron chi connectivity index (χ4n) is 3.68. The fourth-order valence-corrected chi connectivity index (χ4v) is 6.27. The smallest absolute Gasteiger partial charge is 0.235 e. The molecule has 30 heavy (non-hydrogen) atoms. The van der Waals surface area contributed by atoms with Gasteiger partial charge in [-0.3, -0.25) is 9.10 Å². The summed E-state index contributed by atoms with van der Waals surface area (Å²) in [5, 5.41) is 10.3. The average Bonchev–Trinajstić information content (AvgIpc) is 3.32. The highest BCUT2D eigenvalue weighted by Gasteiger charge is 2.37. The van der Waals surface area contributed by atoms with Crippen molar-refractivity contribution in [3.63, 3.8) is 0 Å². The van der Waals surface area contributed by atoms with Gasteiger partial charge in [0, 0.05) is 4.88 Å². The quantitative estimate of drug-likeness (QED) is 0.407. The Kier molecular flexibility index (Phi) is 8.05. The van der Waals surface area contributed by atoms with Crippen LogP contribution in [0, 0.1) is 0 Å². The molecule has 1 fully saturated rings. The summed E-state index contributed by atoms with van der Waals surface area (Å²) in [5.41, 5.74) is 1.41. The van der Waals surface area contributed by atoms with E-state index >= 15 is 0 Å². The van der Waals surface area contributed by atoms with Crippen molar-refractivity contribution in [2.24, 2.45) is 0 Å². The largest absolute Gasteiger partial charge is 0.388 e. The van der Waals surface area contributed by atoms with Gasteiger partial charge in [-0.2, -0.15) is 0 Å². The van der Waals surface area contributed by atoms with Gasteiger partial charge in [0.1, 0.15) is 0 Å². The van der Waals surface area contributed by atoms with E-state index in [1.54, 1.807) is 18.2 Å². The second kappa shape index (κ2) is 10.5. The maximum absolute atomic E-state index is 12.6. The lowest BCUT2D eigenvalue weighted by Gasteiger charge is -2.25. The molecule has 1 N–H and O–H groups in total. The minimum absolute atomic E-state index is 0.0940. The second-order valence-electron chi connectivity index (χ2n) is 7.59. The van der Waals surface area contributed by atoms with E-state index in [1.165, 1.54) is 15.6 Å². The molecule has 0 radical (unpaired) electrons. The molecular weight excluding hydrogens is 422 g/mol. The Bertz CT molecular complexity index is 923. The first kappa shape index (κ1) is 22.9. The molecule has 2 atom stereocenters. The number of hydrogen-bond donors (Lipinski definition) is 1. The Morgan fingerprint density at radius 3 is 2.67 bits per heavy atom. The van der Waals surface area contributed by atoms with Crippen molar-refractivity contribution < 1.29 is 23.1 Å². The molecule has 164 valence electrons. The van der Waals surface area contributed by atoms with Crippen LogP contribution >= 0.6 is 11.3 Å². The van der Waals surface area contributed by atoms with E-state index in [-0.39, 0.29) is 18.4 Å². The van der Waals surface area contributed by atoms with Gasteiger partial charge in [-0.1, -0.05) is 38.3 Å². The number of nitrogens with zero attached hydrogens (tertiary/aromatic N) is 1. The number of unbranched alkanes of at least 4 members (excludes halogenated alkanes) is 2. The molecule has 2 aromatic rings. The SMILES string of the molecule is CCCCCC(O)c1ccc(N2[C@@H](COCc3ccc(C=O)s3)CCS2(=O)=O)cc1. The second-order valence-corrected chi connectivity index (χ2v) is 10.8. The van der Waals surface area contributed by atoms with Gasteiger partial charge in [0.15, 0.2) is 6.29 Å². The normalized spacial score (nSPS) is 19.1. The third-order valence-corrected chi connectivity index (χ3v) is 8.15. The number of hydrogen-bond acceptors (Lipinski definition) is 6. The molecule has 1 saturated heterocycles.